The van der Waals surface area contributed by atoms with E-state index >= 15 is 0 Å². The van der Waals surface area contributed by atoms with Crippen LogP contribution in [-0.4, -0.2) is 36.7 Å². The molecule has 0 fully saturated rings. The van der Waals surface area contributed by atoms with E-state index in [2.05, 4.69) is 0 Å². The molecule has 0 radical (unpaired) electrons. The van der Waals surface area contributed by atoms with Gasteiger partial charge in [-0.15, -0.1) is 0 Å². The fourth-order valence-electron chi connectivity index (χ4n) is 0.799. The molecular formula is C10H21O7P. The molecule has 108 valence electrons. The summed E-state index contributed by atoms with van der Waals surface area (Å²) in [6, 6.07) is 0. The summed E-state index contributed by atoms with van der Waals surface area (Å²) in [4.78, 5) is 19.5. The highest BCUT2D eigenvalue weighted by molar-refractivity contribution is 7.48. The molecule has 0 unspecified atom stereocenters. The molecule has 0 aliphatic heterocycles. The number of carboxylic acids is 1. The highest BCUT2D eigenvalue weighted by Crippen LogP contribution is 2.48. The predicted octanol–water partition coefficient (Wildman–Crippen LogP) is 2.25. The van der Waals surface area contributed by atoms with E-state index in [1.807, 2.05) is 0 Å². The number of rotatable bonds is 8. The van der Waals surface area contributed by atoms with Crippen molar-refractivity contribution in [1.29, 1.82) is 0 Å². The fraction of sp³-hybridized carbons (Fsp3) is 0.800. The molecule has 8 heteroatoms. The zero-order valence-electron chi connectivity index (χ0n) is 11.2. The molecule has 0 rings (SSSR count). The summed E-state index contributed by atoms with van der Waals surface area (Å²) in [6.45, 7) is 7.46. The number of carbonyl (C=O) groups is 2. The lowest BCUT2D eigenvalue weighted by molar-refractivity contribution is -0.139. The summed E-state index contributed by atoms with van der Waals surface area (Å²) >= 11 is 0. The van der Waals surface area contributed by atoms with Crippen LogP contribution in [0.5, 0.6) is 0 Å². The molecule has 0 aromatic carbocycles. The van der Waals surface area contributed by atoms with Crippen LogP contribution in [0.3, 0.4) is 0 Å². The van der Waals surface area contributed by atoms with Crippen molar-refractivity contribution in [3.63, 3.8) is 0 Å². The molecule has 0 heterocycles. The van der Waals surface area contributed by atoms with Crippen LogP contribution in [0.2, 0.25) is 0 Å². The van der Waals surface area contributed by atoms with Gasteiger partial charge in [0.25, 0.3) is 0 Å². The quantitative estimate of drug-likeness (QED) is 0.539. The van der Waals surface area contributed by atoms with Crippen LogP contribution in [0, 0.1) is 0 Å². The molecule has 0 saturated carbocycles. The Morgan fingerprint density at radius 2 is 1.33 bits per heavy atom. The van der Waals surface area contributed by atoms with Crippen molar-refractivity contribution in [3.05, 3.63) is 0 Å². The Morgan fingerprint density at radius 3 is 1.44 bits per heavy atom. The first kappa shape index (κ1) is 19.6. The normalized spacial score (nSPS) is 10.4. The number of hydrogen-bond acceptors (Lipinski definition) is 6. The molecule has 0 atom stereocenters. The molecule has 0 bridgehead atoms. The van der Waals surface area contributed by atoms with E-state index in [1.54, 1.807) is 20.8 Å². The highest BCUT2D eigenvalue weighted by atomic mass is 31.2. The maximum atomic E-state index is 11.3. The Hall–Kier alpha value is -0.750. The molecule has 1 N–H and O–H groups in total. The summed E-state index contributed by atoms with van der Waals surface area (Å²) in [5, 5.41) is 7.86. The van der Waals surface area contributed by atoms with Gasteiger partial charge in [0.15, 0.2) is 0 Å². The number of carbonyl (C=O) groups excluding carboxylic acids is 1. The van der Waals surface area contributed by atoms with Gasteiger partial charge in [0.05, 0.1) is 19.8 Å². The van der Waals surface area contributed by atoms with E-state index in [4.69, 9.17) is 18.7 Å². The second-order valence-corrected chi connectivity index (χ2v) is 4.64. The first-order chi connectivity index (χ1) is 8.31. The van der Waals surface area contributed by atoms with Gasteiger partial charge in [-0.05, 0) is 27.7 Å². The summed E-state index contributed by atoms with van der Waals surface area (Å²) in [6.07, 6.45) is -0.361. The van der Waals surface area contributed by atoms with E-state index in [9.17, 15) is 14.2 Å². The van der Waals surface area contributed by atoms with Crippen LogP contribution in [0.25, 0.3) is 0 Å². The first-order valence-electron chi connectivity index (χ1n) is 5.56. The van der Waals surface area contributed by atoms with Crippen LogP contribution >= 0.6 is 7.82 Å². The minimum absolute atomic E-state index is 0.312. The lowest BCUT2D eigenvalue weighted by atomic mass is 10.3. The summed E-state index contributed by atoms with van der Waals surface area (Å²) in [5.74, 6) is -1.37. The van der Waals surface area contributed by atoms with E-state index in [0.717, 1.165) is 0 Å². The van der Waals surface area contributed by atoms with Crippen molar-refractivity contribution in [1.82, 2.24) is 0 Å². The Kier molecular flexibility index (Phi) is 12.3. The minimum Gasteiger partial charge on any atom is -0.481 e. The SMILES string of the molecule is CC(=O)CC(=O)O.CCOP(=O)(OCC)OCC. The van der Waals surface area contributed by atoms with E-state index in [-0.39, 0.29) is 12.2 Å². The molecule has 0 amide bonds. The highest BCUT2D eigenvalue weighted by Gasteiger charge is 2.23. The molecule has 0 aliphatic rings. The molecule has 0 aromatic rings. The van der Waals surface area contributed by atoms with Crippen LogP contribution < -0.4 is 0 Å². The number of Topliss-reactive ketones (excluding diaryl/α,β-unsaturated/α-hetero) is 1. The maximum absolute atomic E-state index is 11.3. The predicted molar refractivity (Wildman–Crippen MR) is 65.4 cm³/mol. The van der Waals surface area contributed by atoms with Crippen molar-refractivity contribution in [2.24, 2.45) is 0 Å². The summed E-state index contributed by atoms with van der Waals surface area (Å²) in [5.41, 5.74) is 0. The average molecular weight is 284 g/mol. The van der Waals surface area contributed by atoms with Gasteiger partial charge < -0.3 is 5.11 Å². The first-order valence-corrected chi connectivity index (χ1v) is 7.02. The van der Waals surface area contributed by atoms with Gasteiger partial charge in [0, 0.05) is 0 Å². The van der Waals surface area contributed by atoms with Gasteiger partial charge in [-0.1, -0.05) is 0 Å². The molecule has 0 spiro atoms. The van der Waals surface area contributed by atoms with Gasteiger partial charge in [-0.3, -0.25) is 23.2 Å². The Morgan fingerprint density at radius 1 is 1.00 bits per heavy atom. The molecule has 0 aromatic heterocycles. The third-order valence-electron chi connectivity index (χ3n) is 1.26. The number of carboxylic acid groups (broad SMARTS) is 1. The summed E-state index contributed by atoms with van der Waals surface area (Å²) < 4.78 is 25.8. The lowest BCUT2D eigenvalue weighted by Crippen LogP contribution is -2.00. The Bertz CT molecular complexity index is 254. The van der Waals surface area contributed by atoms with Crippen molar-refractivity contribution >= 4 is 19.6 Å². The molecule has 0 aliphatic carbocycles. The van der Waals surface area contributed by atoms with Gasteiger partial charge >= 0.3 is 13.8 Å². The fourth-order valence-corrected chi connectivity index (χ4v) is 1.97. The third-order valence-corrected chi connectivity index (χ3v) is 2.99. The zero-order valence-corrected chi connectivity index (χ0v) is 12.1. The van der Waals surface area contributed by atoms with Crippen molar-refractivity contribution in [3.8, 4) is 0 Å². The molecule has 7 nitrogen and oxygen atoms in total. The smallest absolute Gasteiger partial charge is 0.474 e. The van der Waals surface area contributed by atoms with E-state index < -0.39 is 13.8 Å². The van der Waals surface area contributed by atoms with Crippen LogP contribution in [-0.2, 0) is 27.7 Å². The largest absolute Gasteiger partial charge is 0.481 e. The molecule has 18 heavy (non-hydrogen) atoms. The van der Waals surface area contributed by atoms with Crippen molar-refractivity contribution in [2.45, 2.75) is 34.1 Å². The maximum Gasteiger partial charge on any atom is 0.474 e. The monoisotopic (exact) mass is 284 g/mol. The number of aliphatic carboxylic acids is 1. The molecular weight excluding hydrogens is 263 g/mol. The standard InChI is InChI=1S/C6H15O4P.C4H6O3/c1-4-8-11(7,9-5-2)10-6-3;1-3(5)2-4(6)7/h4-6H2,1-3H3;2H2,1H3,(H,6,7). The molecule has 0 saturated heterocycles. The third kappa shape index (κ3) is 13.3. The number of hydrogen-bond donors (Lipinski definition) is 1. The van der Waals surface area contributed by atoms with E-state index in [1.165, 1.54) is 6.92 Å². The van der Waals surface area contributed by atoms with Gasteiger partial charge in [0.1, 0.15) is 12.2 Å². The van der Waals surface area contributed by atoms with Crippen molar-refractivity contribution < 1.29 is 32.8 Å². The average Bonchev–Trinajstić information content (AvgIpc) is 2.16. The Labute approximate surface area is 107 Å². The van der Waals surface area contributed by atoms with Crippen LogP contribution in [0.4, 0.5) is 0 Å². The number of phosphoric ester groups is 1. The van der Waals surface area contributed by atoms with Gasteiger partial charge in [-0.25, -0.2) is 4.57 Å². The topological polar surface area (TPSA) is 99.1 Å². The zero-order chi connectivity index (χ0) is 14.6. The summed E-state index contributed by atoms with van der Waals surface area (Å²) in [7, 11) is -3.22. The Balaban J connectivity index is 0. The number of phosphoric acid groups is 1. The van der Waals surface area contributed by atoms with E-state index in [0.29, 0.717) is 19.8 Å². The lowest BCUT2D eigenvalue weighted by Gasteiger charge is -2.14. The van der Waals surface area contributed by atoms with Crippen molar-refractivity contribution in [2.75, 3.05) is 19.8 Å². The van der Waals surface area contributed by atoms with Crippen LogP contribution in [0.1, 0.15) is 34.1 Å². The second kappa shape index (κ2) is 11.3. The minimum atomic E-state index is -3.22. The number of ketones is 1. The van der Waals surface area contributed by atoms with Crippen LogP contribution in [0.15, 0.2) is 0 Å². The van der Waals surface area contributed by atoms with Gasteiger partial charge in [-0.2, -0.15) is 0 Å². The van der Waals surface area contributed by atoms with Gasteiger partial charge in [0.2, 0.25) is 0 Å². The second-order valence-electron chi connectivity index (χ2n) is 2.97.